The van der Waals surface area contributed by atoms with Crippen LogP contribution in [0.1, 0.15) is 18.1 Å². The largest absolute Gasteiger partial charge is 0.492 e. The van der Waals surface area contributed by atoms with Crippen molar-refractivity contribution in [3.05, 3.63) is 61.5 Å². The highest BCUT2D eigenvalue weighted by molar-refractivity contribution is 9.11. The van der Waals surface area contributed by atoms with Crippen molar-refractivity contribution < 1.29 is 4.74 Å². The minimum absolute atomic E-state index is 0.644. The first-order valence-corrected chi connectivity index (χ1v) is 8.62. The van der Waals surface area contributed by atoms with Gasteiger partial charge in [-0.05, 0) is 74.2 Å². The quantitative estimate of drug-likeness (QED) is 0.645. The number of halogens is 3. The first kappa shape index (κ1) is 16.8. The van der Waals surface area contributed by atoms with Gasteiger partial charge in [-0.25, -0.2) is 0 Å². The SMILES string of the molecule is CCOc1c(Br)cc(CNCc2ccc(Cl)cc2)cc1Br. The van der Waals surface area contributed by atoms with Crippen molar-refractivity contribution in [1.29, 1.82) is 0 Å². The molecule has 1 N–H and O–H groups in total. The van der Waals surface area contributed by atoms with E-state index in [4.69, 9.17) is 16.3 Å². The van der Waals surface area contributed by atoms with E-state index in [2.05, 4.69) is 49.3 Å². The molecule has 5 heteroatoms. The second-order valence-electron chi connectivity index (χ2n) is 4.55. The van der Waals surface area contributed by atoms with Gasteiger partial charge in [0.1, 0.15) is 5.75 Å². The highest BCUT2D eigenvalue weighted by atomic mass is 79.9. The van der Waals surface area contributed by atoms with E-state index in [1.807, 2.05) is 31.2 Å². The summed E-state index contributed by atoms with van der Waals surface area (Å²) in [5, 5.41) is 4.18. The third-order valence-corrected chi connectivity index (χ3v) is 4.35. The predicted molar refractivity (Wildman–Crippen MR) is 95.0 cm³/mol. The molecule has 0 radical (unpaired) electrons. The van der Waals surface area contributed by atoms with Crippen LogP contribution in [-0.2, 0) is 13.1 Å². The van der Waals surface area contributed by atoms with Gasteiger partial charge in [-0.1, -0.05) is 23.7 Å². The minimum atomic E-state index is 0.644. The zero-order chi connectivity index (χ0) is 15.2. The van der Waals surface area contributed by atoms with Gasteiger partial charge in [0.2, 0.25) is 0 Å². The van der Waals surface area contributed by atoms with Crippen LogP contribution in [0.2, 0.25) is 5.02 Å². The summed E-state index contributed by atoms with van der Waals surface area (Å²) in [5.74, 6) is 0.846. The Kier molecular flexibility index (Phi) is 6.55. The monoisotopic (exact) mass is 431 g/mol. The van der Waals surface area contributed by atoms with Crippen LogP contribution in [0.4, 0.5) is 0 Å². The highest BCUT2D eigenvalue weighted by Crippen LogP contribution is 2.34. The number of hydrogen-bond acceptors (Lipinski definition) is 2. The summed E-state index contributed by atoms with van der Waals surface area (Å²) in [6, 6.07) is 12.0. The third kappa shape index (κ3) is 4.99. The first-order valence-electron chi connectivity index (χ1n) is 6.66. The van der Waals surface area contributed by atoms with E-state index in [0.29, 0.717) is 6.61 Å². The second kappa shape index (κ2) is 8.18. The zero-order valence-corrected chi connectivity index (χ0v) is 15.6. The summed E-state index contributed by atoms with van der Waals surface area (Å²) in [6.45, 7) is 4.21. The summed E-state index contributed by atoms with van der Waals surface area (Å²) < 4.78 is 7.50. The van der Waals surface area contributed by atoms with E-state index in [-0.39, 0.29) is 0 Å². The molecule has 21 heavy (non-hydrogen) atoms. The molecule has 0 saturated carbocycles. The van der Waals surface area contributed by atoms with E-state index >= 15 is 0 Å². The summed E-state index contributed by atoms with van der Waals surface area (Å²) in [6.07, 6.45) is 0. The Labute approximate surface area is 147 Å². The maximum atomic E-state index is 5.87. The maximum absolute atomic E-state index is 5.87. The molecule has 0 unspecified atom stereocenters. The van der Waals surface area contributed by atoms with Crippen molar-refractivity contribution in [2.24, 2.45) is 0 Å². The molecule has 0 atom stereocenters. The van der Waals surface area contributed by atoms with Crippen LogP contribution in [0.15, 0.2) is 45.3 Å². The van der Waals surface area contributed by atoms with Crippen molar-refractivity contribution in [2.45, 2.75) is 20.0 Å². The minimum Gasteiger partial charge on any atom is -0.492 e. The molecule has 0 amide bonds. The lowest BCUT2D eigenvalue weighted by Crippen LogP contribution is -2.12. The fraction of sp³-hybridized carbons (Fsp3) is 0.250. The van der Waals surface area contributed by atoms with Gasteiger partial charge in [0.05, 0.1) is 15.6 Å². The van der Waals surface area contributed by atoms with E-state index in [0.717, 1.165) is 32.8 Å². The molecule has 2 aromatic rings. The maximum Gasteiger partial charge on any atom is 0.147 e. The fourth-order valence-corrected chi connectivity index (χ4v) is 3.59. The van der Waals surface area contributed by atoms with Crippen LogP contribution in [0, 0.1) is 0 Å². The Morgan fingerprint density at radius 2 is 1.57 bits per heavy atom. The number of nitrogens with one attached hydrogen (secondary N) is 1. The van der Waals surface area contributed by atoms with Gasteiger partial charge in [0.15, 0.2) is 0 Å². The smallest absolute Gasteiger partial charge is 0.147 e. The van der Waals surface area contributed by atoms with Crippen molar-refractivity contribution in [3.8, 4) is 5.75 Å². The summed E-state index contributed by atoms with van der Waals surface area (Å²) in [4.78, 5) is 0. The Bertz CT molecular complexity index is 579. The molecule has 2 aromatic carbocycles. The van der Waals surface area contributed by atoms with E-state index < -0.39 is 0 Å². The molecule has 112 valence electrons. The van der Waals surface area contributed by atoms with E-state index in [1.165, 1.54) is 11.1 Å². The summed E-state index contributed by atoms with van der Waals surface area (Å²) >= 11 is 13.0. The van der Waals surface area contributed by atoms with E-state index in [9.17, 15) is 0 Å². The van der Waals surface area contributed by atoms with Crippen molar-refractivity contribution in [3.63, 3.8) is 0 Å². The van der Waals surface area contributed by atoms with Gasteiger partial charge >= 0.3 is 0 Å². The average molecular weight is 434 g/mol. The molecule has 0 aliphatic rings. The molecule has 0 spiro atoms. The van der Waals surface area contributed by atoms with Gasteiger partial charge in [-0.15, -0.1) is 0 Å². The van der Waals surface area contributed by atoms with Crippen LogP contribution in [0.25, 0.3) is 0 Å². The standard InChI is InChI=1S/C16H16Br2ClNO/c1-2-21-16-14(17)7-12(8-15(16)18)10-20-9-11-3-5-13(19)6-4-11/h3-8,20H,2,9-10H2,1H3. The lowest BCUT2D eigenvalue weighted by molar-refractivity contribution is 0.336. The molecule has 2 rings (SSSR count). The van der Waals surface area contributed by atoms with Crippen LogP contribution in [0.3, 0.4) is 0 Å². The van der Waals surface area contributed by atoms with Gasteiger partial charge in [0.25, 0.3) is 0 Å². The lowest BCUT2D eigenvalue weighted by Gasteiger charge is -2.11. The summed E-state index contributed by atoms with van der Waals surface area (Å²) in [7, 11) is 0. The molecule has 0 aliphatic heterocycles. The first-order chi connectivity index (χ1) is 10.1. The van der Waals surface area contributed by atoms with Gasteiger partial charge in [-0.3, -0.25) is 0 Å². The van der Waals surface area contributed by atoms with Crippen molar-refractivity contribution in [2.75, 3.05) is 6.61 Å². The van der Waals surface area contributed by atoms with Crippen molar-refractivity contribution >= 4 is 43.5 Å². The predicted octanol–water partition coefficient (Wildman–Crippen LogP) is 5.55. The van der Waals surface area contributed by atoms with Crippen LogP contribution < -0.4 is 10.1 Å². The van der Waals surface area contributed by atoms with Crippen LogP contribution in [-0.4, -0.2) is 6.61 Å². The van der Waals surface area contributed by atoms with Gasteiger partial charge in [0, 0.05) is 18.1 Å². The molecule has 0 fully saturated rings. The molecule has 2 nitrogen and oxygen atoms in total. The highest BCUT2D eigenvalue weighted by Gasteiger charge is 2.08. The number of hydrogen-bond donors (Lipinski definition) is 1. The molecule has 0 bridgehead atoms. The Morgan fingerprint density at radius 3 is 2.14 bits per heavy atom. The second-order valence-corrected chi connectivity index (χ2v) is 6.70. The van der Waals surface area contributed by atoms with Crippen LogP contribution in [0.5, 0.6) is 5.75 Å². The number of benzene rings is 2. The van der Waals surface area contributed by atoms with Gasteiger partial charge < -0.3 is 10.1 Å². The Balaban J connectivity index is 1.95. The third-order valence-electron chi connectivity index (χ3n) is 2.92. The number of rotatable bonds is 6. The molecular formula is C16H16Br2ClNO. The summed E-state index contributed by atoms with van der Waals surface area (Å²) in [5.41, 5.74) is 2.40. The molecule has 0 aliphatic carbocycles. The lowest BCUT2D eigenvalue weighted by atomic mass is 10.2. The average Bonchev–Trinajstić information content (AvgIpc) is 2.45. The molecule has 0 aromatic heterocycles. The number of ether oxygens (including phenoxy) is 1. The zero-order valence-electron chi connectivity index (χ0n) is 11.6. The van der Waals surface area contributed by atoms with Gasteiger partial charge in [-0.2, -0.15) is 0 Å². The Hall–Kier alpha value is -0.550. The fourth-order valence-electron chi connectivity index (χ4n) is 1.95. The van der Waals surface area contributed by atoms with Crippen molar-refractivity contribution in [1.82, 2.24) is 5.32 Å². The molecule has 0 heterocycles. The molecule has 0 saturated heterocycles. The van der Waals surface area contributed by atoms with Crippen LogP contribution >= 0.6 is 43.5 Å². The normalized spacial score (nSPS) is 10.7. The molecular weight excluding hydrogens is 417 g/mol. The van der Waals surface area contributed by atoms with E-state index in [1.54, 1.807) is 0 Å². The Morgan fingerprint density at radius 1 is 1.00 bits per heavy atom. The topological polar surface area (TPSA) is 21.3 Å².